The monoisotopic (exact) mass is 398 g/mol. The lowest BCUT2D eigenvalue weighted by molar-refractivity contribution is -0.114. The third-order valence-corrected chi connectivity index (χ3v) is 5.58. The summed E-state index contributed by atoms with van der Waals surface area (Å²) < 4.78 is 0. The zero-order valence-corrected chi connectivity index (χ0v) is 16.8. The van der Waals surface area contributed by atoms with Gasteiger partial charge in [0.25, 0.3) is 5.91 Å². The van der Waals surface area contributed by atoms with E-state index in [9.17, 15) is 4.79 Å². The Labute approximate surface area is 169 Å². The molecule has 0 bridgehead atoms. The Morgan fingerprint density at radius 3 is 2.48 bits per heavy atom. The number of hydrogen-bond acceptors (Lipinski definition) is 2. The molecule has 0 fully saturated rings. The van der Waals surface area contributed by atoms with Crippen molar-refractivity contribution in [1.82, 2.24) is 0 Å². The van der Waals surface area contributed by atoms with Crippen LogP contribution < -0.4 is 10.2 Å². The number of carbonyl (C=O) groups is 1. The highest BCUT2D eigenvalue weighted by Crippen LogP contribution is 2.41. The van der Waals surface area contributed by atoms with Gasteiger partial charge in [-0.3, -0.25) is 9.69 Å². The summed E-state index contributed by atoms with van der Waals surface area (Å²) in [6, 6.07) is 11.3. The van der Waals surface area contributed by atoms with Crippen LogP contribution in [0.4, 0.5) is 11.4 Å². The maximum atomic E-state index is 13.4. The Bertz CT molecular complexity index is 1010. The molecule has 27 heavy (non-hydrogen) atoms. The lowest BCUT2D eigenvalue weighted by Crippen LogP contribution is -2.28. The first kappa shape index (κ1) is 18.1. The molecule has 2 aromatic rings. The van der Waals surface area contributed by atoms with Crippen molar-refractivity contribution in [2.45, 2.75) is 33.1 Å². The summed E-state index contributed by atoms with van der Waals surface area (Å²) in [4.78, 5) is 15.2. The molecule has 1 aliphatic heterocycles. The van der Waals surface area contributed by atoms with E-state index in [2.05, 4.69) is 11.4 Å². The number of benzene rings is 2. The summed E-state index contributed by atoms with van der Waals surface area (Å²) in [5.41, 5.74) is 6.40. The van der Waals surface area contributed by atoms with Gasteiger partial charge in [-0.25, -0.2) is 0 Å². The molecule has 1 aliphatic carbocycles. The van der Waals surface area contributed by atoms with Gasteiger partial charge in [0.15, 0.2) is 0 Å². The predicted molar refractivity (Wildman–Crippen MR) is 112 cm³/mol. The maximum absolute atomic E-state index is 13.4. The van der Waals surface area contributed by atoms with Crippen molar-refractivity contribution >= 4 is 40.5 Å². The van der Waals surface area contributed by atoms with Gasteiger partial charge in [0.05, 0.1) is 11.4 Å². The lowest BCUT2D eigenvalue weighted by Gasteiger charge is -2.24. The summed E-state index contributed by atoms with van der Waals surface area (Å²) in [7, 11) is 0. The van der Waals surface area contributed by atoms with Crippen LogP contribution in [0.1, 0.15) is 30.4 Å². The van der Waals surface area contributed by atoms with Gasteiger partial charge in [0.1, 0.15) is 5.70 Å². The molecule has 2 aromatic carbocycles. The van der Waals surface area contributed by atoms with Crippen LogP contribution in [-0.4, -0.2) is 5.91 Å². The van der Waals surface area contributed by atoms with Crippen LogP contribution in [0.25, 0.3) is 0 Å². The van der Waals surface area contributed by atoms with Crippen LogP contribution >= 0.6 is 23.2 Å². The van der Waals surface area contributed by atoms with E-state index >= 15 is 0 Å². The summed E-state index contributed by atoms with van der Waals surface area (Å²) in [5.74, 6) is -0.0529. The molecular weight excluding hydrogens is 379 g/mol. The largest absolute Gasteiger partial charge is 0.350 e. The van der Waals surface area contributed by atoms with Gasteiger partial charge >= 0.3 is 0 Å². The SMILES string of the molecule is Cc1ccc(Cl)cc1NC1=C2CCCC=C2N(c2cc(Cl)ccc2C)C1=O. The second-order valence-corrected chi connectivity index (χ2v) is 7.86. The minimum atomic E-state index is -0.0529. The third kappa shape index (κ3) is 3.26. The van der Waals surface area contributed by atoms with Crippen LogP contribution in [0.3, 0.4) is 0 Å². The second kappa shape index (κ2) is 7.06. The molecule has 0 aromatic heterocycles. The number of nitrogens with zero attached hydrogens (tertiary/aromatic N) is 1. The molecule has 1 heterocycles. The van der Waals surface area contributed by atoms with E-state index in [-0.39, 0.29) is 5.91 Å². The maximum Gasteiger partial charge on any atom is 0.279 e. The Hall–Kier alpha value is -2.23. The molecular formula is C22H20Cl2N2O. The number of hydrogen-bond donors (Lipinski definition) is 1. The fourth-order valence-electron chi connectivity index (χ4n) is 3.65. The van der Waals surface area contributed by atoms with E-state index in [0.29, 0.717) is 15.7 Å². The average Bonchev–Trinajstić information content (AvgIpc) is 2.92. The molecule has 0 spiro atoms. The van der Waals surface area contributed by atoms with Crippen molar-refractivity contribution in [1.29, 1.82) is 0 Å². The van der Waals surface area contributed by atoms with Crippen molar-refractivity contribution in [3.8, 4) is 0 Å². The highest BCUT2D eigenvalue weighted by atomic mass is 35.5. The molecule has 1 N–H and O–H groups in total. The number of amides is 1. The Morgan fingerprint density at radius 1 is 1.00 bits per heavy atom. The first-order valence-corrected chi connectivity index (χ1v) is 9.79. The highest BCUT2D eigenvalue weighted by Gasteiger charge is 2.37. The lowest BCUT2D eigenvalue weighted by atomic mass is 9.98. The molecule has 2 aliphatic rings. The number of anilines is 2. The number of rotatable bonds is 3. The molecule has 0 atom stereocenters. The van der Waals surface area contributed by atoms with Gasteiger partial charge in [0.2, 0.25) is 0 Å². The zero-order chi connectivity index (χ0) is 19.1. The van der Waals surface area contributed by atoms with Crippen molar-refractivity contribution in [3.63, 3.8) is 0 Å². The average molecular weight is 399 g/mol. The minimum absolute atomic E-state index is 0.0529. The number of aryl methyl sites for hydroxylation is 2. The Kier molecular flexibility index (Phi) is 4.75. The van der Waals surface area contributed by atoms with Crippen molar-refractivity contribution in [3.05, 3.63) is 80.6 Å². The molecule has 0 saturated heterocycles. The number of allylic oxidation sites excluding steroid dienone is 2. The van der Waals surface area contributed by atoms with Gasteiger partial charge in [-0.05, 0) is 68.5 Å². The normalized spacial score (nSPS) is 16.5. The van der Waals surface area contributed by atoms with E-state index in [0.717, 1.165) is 53.0 Å². The van der Waals surface area contributed by atoms with Crippen molar-refractivity contribution < 1.29 is 4.79 Å². The summed E-state index contributed by atoms with van der Waals surface area (Å²) in [6.07, 6.45) is 5.02. The van der Waals surface area contributed by atoms with Crippen LogP contribution in [0, 0.1) is 13.8 Å². The van der Waals surface area contributed by atoms with Crippen molar-refractivity contribution in [2.24, 2.45) is 0 Å². The Balaban J connectivity index is 1.79. The molecule has 1 amide bonds. The van der Waals surface area contributed by atoms with E-state index < -0.39 is 0 Å². The van der Waals surface area contributed by atoms with Gasteiger partial charge in [0, 0.05) is 21.3 Å². The second-order valence-electron chi connectivity index (χ2n) is 6.99. The van der Waals surface area contributed by atoms with Crippen LogP contribution in [-0.2, 0) is 4.79 Å². The predicted octanol–water partition coefficient (Wildman–Crippen LogP) is 6.39. The number of nitrogens with one attached hydrogen (secondary N) is 1. The topological polar surface area (TPSA) is 32.3 Å². The van der Waals surface area contributed by atoms with E-state index in [1.54, 1.807) is 4.90 Å². The smallest absolute Gasteiger partial charge is 0.279 e. The summed E-state index contributed by atoms with van der Waals surface area (Å²) >= 11 is 12.4. The van der Waals surface area contributed by atoms with Crippen LogP contribution in [0.2, 0.25) is 10.0 Å². The number of halogens is 2. The summed E-state index contributed by atoms with van der Waals surface area (Å²) in [6.45, 7) is 3.99. The van der Waals surface area contributed by atoms with E-state index in [1.807, 2.05) is 50.2 Å². The van der Waals surface area contributed by atoms with Gasteiger partial charge in [-0.2, -0.15) is 0 Å². The summed E-state index contributed by atoms with van der Waals surface area (Å²) in [5, 5.41) is 4.62. The van der Waals surface area contributed by atoms with Gasteiger partial charge in [-0.1, -0.05) is 41.4 Å². The zero-order valence-electron chi connectivity index (χ0n) is 15.3. The number of fused-ring (bicyclic) bond motifs is 1. The molecule has 0 unspecified atom stereocenters. The fourth-order valence-corrected chi connectivity index (χ4v) is 3.99. The molecule has 0 saturated carbocycles. The first-order valence-electron chi connectivity index (χ1n) is 9.03. The standard InChI is InChI=1S/C22H20Cl2N2O/c1-13-7-9-15(23)11-18(13)25-21-17-5-3-4-6-19(17)26(22(21)27)20-12-16(24)10-8-14(20)2/h6-12,25H,3-5H2,1-2H3. The molecule has 4 rings (SSSR count). The number of carbonyl (C=O) groups excluding carboxylic acids is 1. The Morgan fingerprint density at radius 2 is 1.70 bits per heavy atom. The third-order valence-electron chi connectivity index (χ3n) is 5.11. The molecule has 138 valence electrons. The minimum Gasteiger partial charge on any atom is -0.350 e. The first-order chi connectivity index (χ1) is 13.0. The van der Waals surface area contributed by atoms with Gasteiger partial charge in [-0.15, -0.1) is 0 Å². The quantitative estimate of drug-likeness (QED) is 0.649. The van der Waals surface area contributed by atoms with E-state index in [4.69, 9.17) is 23.2 Å². The molecule has 5 heteroatoms. The van der Waals surface area contributed by atoms with Crippen LogP contribution in [0.15, 0.2) is 59.4 Å². The molecule has 3 nitrogen and oxygen atoms in total. The molecule has 0 radical (unpaired) electrons. The van der Waals surface area contributed by atoms with Crippen LogP contribution in [0.5, 0.6) is 0 Å². The highest BCUT2D eigenvalue weighted by molar-refractivity contribution is 6.31. The van der Waals surface area contributed by atoms with E-state index in [1.165, 1.54) is 0 Å². The van der Waals surface area contributed by atoms with Gasteiger partial charge < -0.3 is 5.32 Å². The van der Waals surface area contributed by atoms with Crippen molar-refractivity contribution in [2.75, 3.05) is 10.2 Å². The fraction of sp³-hybridized carbons (Fsp3) is 0.227.